The van der Waals surface area contributed by atoms with E-state index in [2.05, 4.69) is 0 Å². The summed E-state index contributed by atoms with van der Waals surface area (Å²) in [6, 6.07) is 0.330. The van der Waals surface area contributed by atoms with Crippen LogP contribution >= 0.6 is 0 Å². The van der Waals surface area contributed by atoms with E-state index in [0.29, 0.717) is 0 Å². The molecule has 0 heterocycles. The average molecular weight is 310 g/mol. The highest BCUT2D eigenvalue weighted by Gasteiger charge is 2.58. The minimum atomic E-state index is -5.73. The van der Waals surface area contributed by atoms with Crippen LogP contribution in [0.15, 0.2) is 24.3 Å². The second-order valence-electron chi connectivity index (χ2n) is 3.82. The van der Waals surface area contributed by atoms with Crippen molar-refractivity contribution in [3.05, 3.63) is 35.4 Å². The number of hydrogen-bond acceptors (Lipinski definition) is 2. The Morgan fingerprint density at radius 3 is 0.900 bits per heavy atom. The number of alkyl halides is 8. The molecule has 1 aromatic rings. The molecule has 0 bridgehead atoms. The molecule has 1 aromatic carbocycles. The topological polar surface area (TPSA) is 40.5 Å². The molecule has 0 amide bonds. The fourth-order valence-electron chi connectivity index (χ4n) is 1.24. The Kier molecular flexibility index (Phi) is 3.79. The molecule has 0 aliphatic heterocycles. The fourth-order valence-corrected chi connectivity index (χ4v) is 1.24. The van der Waals surface area contributed by atoms with Crippen LogP contribution < -0.4 is 0 Å². The molecular formula is C10H6F8O2. The molecule has 10 heteroatoms. The lowest BCUT2D eigenvalue weighted by atomic mass is 10.0. The van der Waals surface area contributed by atoms with Gasteiger partial charge in [0, 0.05) is 11.1 Å². The molecular weight excluding hydrogens is 304 g/mol. The third-order valence-corrected chi connectivity index (χ3v) is 2.40. The summed E-state index contributed by atoms with van der Waals surface area (Å²) in [4.78, 5) is 0. The van der Waals surface area contributed by atoms with Crippen LogP contribution in [-0.2, 0) is 11.7 Å². The van der Waals surface area contributed by atoms with Crippen LogP contribution in [0.5, 0.6) is 0 Å². The molecule has 0 saturated carbocycles. The van der Waals surface area contributed by atoms with Crippen molar-refractivity contribution in [2.75, 3.05) is 0 Å². The minimum absolute atomic E-state index is 0.0825. The molecule has 0 aliphatic rings. The van der Waals surface area contributed by atoms with E-state index in [4.69, 9.17) is 10.2 Å². The van der Waals surface area contributed by atoms with Crippen molar-refractivity contribution in [1.82, 2.24) is 0 Å². The first kappa shape index (κ1) is 16.6. The van der Waals surface area contributed by atoms with E-state index in [1.54, 1.807) is 0 Å². The first-order valence-corrected chi connectivity index (χ1v) is 4.78. The van der Waals surface area contributed by atoms with Gasteiger partial charge in [-0.1, -0.05) is 24.3 Å². The zero-order chi connectivity index (χ0) is 16.0. The largest absolute Gasteiger partial charge is 0.453 e. The molecule has 2 N–H and O–H groups in total. The van der Waals surface area contributed by atoms with Gasteiger partial charge in [0.05, 0.1) is 0 Å². The molecule has 2 unspecified atom stereocenters. The summed E-state index contributed by atoms with van der Waals surface area (Å²) in [5.41, 5.74) is -2.90. The van der Waals surface area contributed by atoms with Crippen molar-refractivity contribution >= 4 is 0 Å². The predicted octanol–water partition coefficient (Wildman–Crippen LogP) is 3.04. The molecule has 2 atom stereocenters. The van der Waals surface area contributed by atoms with Crippen molar-refractivity contribution in [2.45, 2.75) is 24.1 Å². The summed E-state index contributed by atoms with van der Waals surface area (Å²) in [5, 5.41) is 17.2. The molecule has 0 spiro atoms. The monoisotopic (exact) mass is 310 g/mol. The van der Waals surface area contributed by atoms with Gasteiger partial charge in [0.25, 0.3) is 0 Å². The Morgan fingerprint density at radius 2 is 0.750 bits per heavy atom. The van der Waals surface area contributed by atoms with Gasteiger partial charge < -0.3 is 10.2 Å². The SMILES string of the molecule is OC(F)(c1ccc(C(O)(F)C(F)(F)F)cc1)C(F)(F)F. The molecule has 20 heavy (non-hydrogen) atoms. The van der Waals surface area contributed by atoms with Crippen molar-refractivity contribution in [1.29, 1.82) is 0 Å². The molecule has 1 rings (SSSR count). The lowest BCUT2D eigenvalue weighted by molar-refractivity contribution is -0.325. The molecule has 0 fully saturated rings. The van der Waals surface area contributed by atoms with Gasteiger partial charge in [-0.25, -0.2) is 0 Å². The van der Waals surface area contributed by atoms with Gasteiger partial charge >= 0.3 is 24.1 Å². The second kappa shape index (κ2) is 4.55. The van der Waals surface area contributed by atoms with Crippen molar-refractivity contribution in [2.24, 2.45) is 0 Å². The number of hydrogen-bond donors (Lipinski definition) is 2. The minimum Gasteiger partial charge on any atom is -0.351 e. The quantitative estimate of drug-likeness (QED) is 0.824. The Balaban J connectivity index is 3.20. The second-order valence-corrected chi connectivity index (χ2v) is 3.82. The average Bonchev–Trinajstić information content (AvgIpc) is 2.26. The summed E-state index contributed by atoms with van der Waals surface area (Å²) in [6.07, 6.45) is -11.5. The van der Waals surface area contributed by atoms with Crippen LogP contribution in [0.4, 0.5) is 35.1 Å². The highest BCUT2D eigenvalue weighted by molar-refractivity contribution is 5.29. The van der Waals surface area contributed by atoms with E-state index in [1.165, 1.54) is 0 Å². The van der Waals surface area contributed by atoms with Gasteiger partial charge in [-0.3, -0.25) is 0 Å². The van der Waals surface area contributed by atoms with Crippen LogP contribution in [0.3, 0.4) is 0 Å². The third-order valence-electron chi connectivity index (χ3n) is 2.40. The maximum atomic E-state index is 13.0. The van der Waals surface area contributed by atoms with Crippen LogP contribution in [0.2, 0.25) is 0 Å². The Bertz CT molecular complexity index is 427. The van der Waals surface area contributed by atoms with Crippen molar-refractivity contribution in [3.63, 3.8) is 0 Å². The third kappa shape index (κ3) is 2.70. The van der Waals surface area contributed by atoms with E-state index in [9.17, 15) is 35.1 Å². The van der Waals surface area contributed by atoms with Gasteiger partial charge in [-0.05, 0) is 0 Å². The summed E-state index contributed by atoms with van der Waals surface area (Å²) in [7, 11) is 0. The molecule has 114 valence electrons. The van der Waals surface area contributed by atoms with Gasteiger partial charge in [-0.2, -0.15) is 35.1 Å². The van der Waals surface area contributed by atoms with Crippen molar-refractivity contribution in [3.8, 4) is 0 Å². The van der Waals surface area contributed by atoms with Crippen LogP contribution in [0.25, 0.3) is 0 Å². The highest BCUT2D eigenvalue weighted by atomic mass is 19.4. The highest BCUT2D eigenvalue weighted by Crippen LogP contribution is 2.43. The normalized spacial score (nSPS) is 19.3. The van der Waals surface area contributed by atoms with E-state index in [1.807, 2.05) is 0 Å². The van der Waals surface area contributed by atoms with Crippen LogP contribution in [0, 0.1) is 0 Å². The maximum Gasteiger partial charge on any atom is 0.453 e. The lowest BCUT2D eigenvalue weighted by Crippen LogP contribution is -2.39. The predicted molar refractivity (Wildman–Crippen MR) is 48.6 cm³/mol. The summed E-state index contributed by atoms with van der Waals surface area (Å²) in [6.45, 7) is 0. The smallest absolute Gasteiger partial charge is 0.351 e. The van der Waals surface area contributed by atoms with E-state index >= 15 is 0 Å². The number of halogens is 8. The lowest BCUT2D eigenvalue weighted by Gasteiger charge is -2.25. The molecule has 0 radical (unpaired) electrons. The molecule has 0 aromatic heterocycles. The number of benzene rings is 1. The Hall–Kier alpha value is -1.42. The maximum absolute atomic E-state index is 13.0. The van der Waals surface area contributed by atoms with E-state index < -0.39 is 35.2 Å². The van der Waals surface area contributed by atoms with Gasteiger partial charge in [0.1, 0.15) is 0 Å². The molecule has 2 nitrogen and oxygen atoms in total. The molecule has 0 saturated heterocycles. The zero-order valence-electron chi connectivity index (χ0n) is 9.23. The summed E-state index contributed by atoms with van der Waals surface area (Å²) in [5.74, 6) is -9.61. The van der Waals surface area contributed by atoms with Crippen molar-refractivity contribution < 1.29 is 45.3 Å². The standard InChI is InChI=1S/C10H6F8O2/c11-7(19,9(13,14)15)5-1-2-6(4-3-5)8(12,20)10(16,17)18/h1-4,19-20H. The van der Waals surface area contributed by atoms with Crippen LogP contribution in [0.1, 0.15) is 11.1 Å². The van der Waals surface area contributed by atoms with Crippen LogP contribution in [-0.4, -0.2) is 22.6 Å². The zero-order valence-corrected chi connectivity index (χ0v) is 9.23. The Morgan fingerprint density at radius 1 is 0.550 bits per heavy atom. The number of rotatable bonds is 2. The van der Waals surface area contributed by atoms with E-state index in [-0.39, 0.29) is 24.3 Å². The van der Waals surface area contributed by atoms with Gasteiger partial charge in [-0.15, -0.1) is 0 Å². The Labute approximate surface area is 106 Å². The van der Waals surface area contributed by atoms with E-state index in [0.717, 1.165) is 0 Å². The first-order chi connectivity index (χ1) is 8.71. The molecule has 0 aliphatic carbocycles. The first-order valence-electron chi connectivity index (χ1n) is 4.78. The fraction of sp³-hybridized carbons (Fsp3) is 0.400. The van der Waals surface area contributed by atoms with Gasteiger partial charge in [0.15, 0.2) is 0 Å². The summed E-state index contributed by atoms with van der Waals surface area (Å²) < 4.78 is 98.8. The number of aliphatic hydroxyl groups is 2. The summed E-state index contributed by atoms with van der Waals surface area (Å²) >= 11 is 0. The van der Waals surface area contributed by atoms with Gasteiger partial charge in [0.2, 0.25) is 0 Å².